The van der Waals surface area contributed by atoms with E-state index >= 15 is 0 Å². The number of rotatable bonds is 4. The SMILES string of the molecule is O=c1n(Cc2ccc(F)cc2)nc2c(S(=O)(=O)N3CCc4ccccc4C3)cccn12. The van der Waals surface area contributed by atoms with E-state index in [2.05, 4.69) is 5.10 Å². The highest BCUT2D eigenvalue weighted by Gasteiger charge is 2.31. The van der Waals surface area contributed by atoms with Crippen LogP contribution in [0.25, 0.3) is 5.65 Å². The Kier molecular flexibility index (Phi) is 4.71. The third-order valence-corrected chi connectivity index (χ3v) is 7.40. The molecule has 0 spiro atoms. The maximum Gasteiger partial charge on any atom is 0.350 e. The van der Waals surface area contributed by atoms with Gasteiger partial charge < -0.3 is 0 Å². The van der Waals surface area contributed by atoms with Gasteiger partial charge >= 0.3 is 5.69 Å². The second-order valence-electron chi connectivity index (χ2n) is 7.49. The maximum absolute atomic E-state index is 13.4. The molecule has 1 aliphatic heterocycles. The third kappa shape index (κ3) is 3.45. The van der Waals surface area contributed by atoms with Gasteiger partial charge in [0.25, 0.3) is 0 Å². The van der Waals surface area contributed by atoms with Crippen LogP contribution in [-0.2, 0) is 29.5 Å². The Balaban J connectivity index is 1.54. The summed E-state index contributed by atoms with van der Waals surface area (Å²) in [5.74, 6) is -0.373. The molecule has 0 radical (unpaired) electrons. The molecule has 0 N–H and O–H groups in total. The first-order valence-corrected chi connectivity index (χ1v) is 11.3. The summed E-state index contributed by atoms with van der Waals surface area (Å²) >= 11 is 0. The zero-order valence-corrected chi connectivity index (χ0v) is 17.3. The average Bonchev–Trinajstić information content (AvgIpc) is 3.10. The predicted molar refractivity (Wildman–Crippen MR) is 113 cm³/mol. The van der Waals surface area contributed by atoms with E-state index in [9.17, 15) is 17.6 Å². The van der Waals surface area contributed by atoms with Gasteiger partial charge in [-0.2, -0.15) is 4.31 Å². The minimum absolute atomic E-state index is 0.00987. The van der Waals surface area contributed by atoms with Crippen LogP contribution < -0.4 is 5.69 Å². The molecule has 0 aliphatic carbocycles. The van der Waals surface area contributed by atoms with Crippen LogP contribution in [0.1, 0.15) is 16.7 Å². The minimum Gasteiger partial charge on any atom is -0.249 e. The van der Waals surface area contributed by atoms with E-state index in [-0.39, 0.29) is 29.4 Å². The number of aromatic nitrogens is 3. The van der Waals surface area contributed by atoms with Gasteiger partial charge in [-0.1, -0.05) is 36.4 Å². The van der Waals surface area contributed by atoms with Crippen molar-refractivity contribution in [2.24, 2.45) is 0 Å². The minimum atomic E-state index is -3.87. The standard InChI is InChI=1S/C22H19FN4O3S/c23-19-9-7-16(8-10-19)14-27-22(28)26-12-3-6-20(21(26)24-27)31(29,30)25-13-11-17-4-1-2-5-18(17)15-25/h1-10,12H,11,13-15H2. The number of fused-ring (bicyclic) bond motifs is 2. The van der Waals surface area contributed by atoms with Gasteiger partial charge in [0.1, 0.15) is 10.7 Å². The smallest absolute Gasteiger partial charge is 0.249 e. The van der Waals surface area contributed by atoms with E-state index in [1.165, 1.54) is 43.9 Å². The van der Waals surface area contributed by atoms with Crippen LogP contribution in [0.4, 0.5) is 4.39 Å². The molecule has 2 aromatic carbocycles. The molecule has 0 unspecified atom stereocenters. The van der Waals surface area contributed by atoms with E-state index in [1.54, 1.807) is 12.1 Å². The lowest BCUT2D eigenvalue weighted by Gasteiger charge is -2.28. The fraction of sp³-hybridized carbons (Fsp3) is 0.182. The summed E-state index contributed by atoms with van der Waals surface area (Å²) in [6, 6.07) is 16.5. The van der Waals surface area contributed by atoms with Gasteiger partial charge in [-0.25, -0.2) is 26.7 Å². The summed E-state index contributed by atoms with van der Waals surface area (Å²) in [6.07, 6.45) is 2.13. The van der Waals surface area contributed by atoms with Gasteiger partial charge in [0, 0.05) is 19.3 Å². The molecule has 0 atom stereocenters. The van der Waals surface area contributed by atoms with Crippen LogP contribution in [0.5, 0.6) is 0 Å². The Labute approximate surface area is 178 Å². The fourth-order valence-electron chi connectivity index (χ4n) is 3.89. The number of nitrogens with zero attached hydrogens (tertiary/aromatic N) is 4. The number of hydrogen-bond acceptors (Lipinski definition) is 4. The lowest BCUT2D eigenvalue weighted by Crippen LogP contribution is -2.36. The van der Waals surface area contributed by atoms with Crippen LogP contribution in [-0.4, -0.2) is 33.4 Å². The zero-order valence-electron chi connectivity index (χ0n) is 16.5. The van der Waals surface area contributed by atoms with E-state index in [0.29, 0.717) is 18.5 Å². The quantitative estimate of drug-likeness (QED) is 0.490. The molecule has 5 rings (SSSR count). The average molecular weight is 438 g/mol. The van der Waals surface area contributed by atoms with Crippen molar-refractivity contribution >= 4 is 15.7 Å². The molecule has 7 nitrogen and oxygen atoms in total. The molecular weight excluding hydrogens is 419 g/mol. The van der Waals surface area contributed by atoms with Crippen LogP contribution >= 0.6 is 0 Å². The van der Waals surface area contributed by atoms with E-state index in [1.807, 2.05) is 24.3 Å². The molecule has 0 bridgehead atoms. The lowest BCUT2D eigenvalue weighted by atomic mass is 10.0. The topological polar surface area (TPSA) is 76.7 Å². The van der Waals surface area contributed by atoms with Crippen molar-refractivity contribution in [2.75, 3.05) is 6.54 Å². The molecule has 31 heavy (non-hydrogen) atoms. The molecule has 1 aliphatic rings. The molecule has 2 aromatic heterocycles. The van der Waals surface area contributed by atoms with E-state index in [0.717, 1.165) is 11.1 Å². The summed E-state index contributed by atoms with van der Waals surface area (Å²) in [7, 11) is -3.87. The summed E-state index contributed by atoms with van der Waals surface area (Å²) < 4.78 is 43.9. The molecule has 158 valence electrons. The molecule has 0 amide bonds. The Morgan fingerprint density at radius 1 is 0.968 bits per heavy atom. The van der Waals surface area contributed by atoms with Crippen molar-refractivity contribution in [3.8, 4) is 0 Å². The second-order valence-corrected chi connectivity index (χ2v) is 9.40. The van der Waals surface area contributed by atoms with Gasteiger partial charge in [-0.15, -0.1) is 5.10 Å². The number of pyridine rings is 1. The Bertz CT molecular complexity index is 1440. The summed E-state index contributed by atoms with van der Waals surface area (Å²) in [5, 5.41) is 4.30. The van der Waals surface area contributed by atoms with E-state index in [4.69, 9.17) is 0 Å². The van der Waals surface area contributed by atoms with Gasteiger partial charge in [0.05, 0.1) is 6.54 Å². The Morgan fingerprint density at radius 3 is 2.48 bits per heavy atom. The fourth-order valence-corrected chi connectivity index (χ4v) is 5.43. The first kappa shape index (κ1) is 19.7. The second kappa shape index (κ2) is 7.44. The monoisotopic (exact) mass is 438 g/mol. The van der Waals surface area contributed by atoms with Crippen molar-refractivity contribution in [3.63, 3.8) is 0 Å². The lowest BCUT2D eigenvalue weighted by molar-refractivity contribution is 0.391. The van der Waals surface area contributed by atoms with Crippen LogP contribution in [0.15, 0.2) is 76.6 Å². The Hall–Kier alpha value is -3.30. The Morgan fingerprint density at radius 2 is 1.71 bits per heavy atom. The highest BCUT2D eigenvalue weighted by molar-refractivity contribution is 7.89. The molecular formula is C22H19FN4O3S. The van der Waals surface area contributed by atoms with Crippen molar-refractivity contribution in [2.45, 2.75) is 24.4 Å². The number of benzene rings is 2. The maximum atomic E-state index is 13.4. The molecule has 0 fully saturated rings. The van der Waals surface area contributed by atoms with Gasteiger partial charge in [0.15, 0.2) is 5.65 Å². The van der Waals surface area contributed by atoms with Crippen LogP contribution in [0, 0.1) is 5.82 Å². The van der Waals surface area contributed by atoms with Crippen molar-refractivity contribution in [1.82, 2.24) is 18.5 Å². The number of hydrogen-bond donors (Lipinski definition) is 0. The number of halogens is 1. The largest absolute Gasteiger partial charge is 0.350 e. The highest BCUT2D eigenvalue weighted by atomic mass is 32.2. The van der Waals surface area contributed by atoms with Crippen LogP contribution in [0.2, 0.25) is 0 Å². The highest BCUT2D eigenvalue weighted by Crippen LogP contribution is 2.26. The van der Waals surface area contributed by atoms with E-state index < -0.39 is 15.7 Å². The zero-order chi connectivity index (χ0) is 21.6. The molecule has 9 heteroatoms. The predicted octanol–water partition coefficient (Wildman–Crippen LogP) is 2.43. The third-order valence-electron chi connectivity index (χ3n) is 5.53. The van der Waals surface area contributed by atoms with Crippen molar-refractivity contribution < 1.29 is 12.8 Å². The summed E-state index contributed by atoms with van der Waals surface area (Å²) in [5.41, 5.74) is 2.42. The summed E-state index contributed by atoms with van der Waals surface area (Å²) in [6.45, 7) is 0.748. The molecule has 0 saturated heterocycles. The van der Waals surface area contributed by atoms with Crippen molar-refractivity contribution in [3.05, 3.63) is 99.9 Å². The van der Waals surface area contributed by atoms with Crippen molar-refractivity contribution in [1.29, 1.82) is 0 Å². The van der Waals surface area contributed by atoms with Gasteiger partial charge in [-0.3, -0.25) is 0 Å². The van der Waals surface area contributed by atoms with Gasteiger partial charge in [0.2, 0.25) is 10.0 Å². The molecule has 4 aromatic rings. The number of sulfonamides is 1. The first-order valence-electron chi connectivity index (χ1n) is 9.83. The van der Waals surface area contributed by atoms with Gasteiger partial charge in [-0.05, 0) is 47.4 Å². The normalized spacial score (nSPS) is 14.6. The summed E-state index contributed by atoms with van der Waals surface area (Å²) in [4.78, 5) is 12.8. The van der Waals surface area contributed by atoms with Crippen LogP contribution in [0.3, 0.4) is 0 Å². The molecule has 3 heterocycles. The first-order chi connectivity index (χ1) is 14.9. The molecule has 0 saturated carbocycles.